The third kappa shape index (κ3) is 12.1. The maximum absolute atomic E-state index is 4.96. The van der Waals surface area contributed by atoms with Crippen molar-refractivity contribution in [1.82, 2.24) is 29.9 Å². The van der Waals surface area contributed by atoms with Crippen molar-refractivity contribution < 1.29 is 0 Å². The molecule has 15 rings (SSSR count). The minimum atomic E-state index is 0.816. The molecule has 6 heterocycles. The van der Waals surface area contributed by atoms with Gasteiger partial charge in [-0.3, -0.25) is 19.9 Å². The van der Waals surface area contributed by atoms with Gasteiger partial charge >= 0.3 is 0 Å². The fourth-order valence-electron chi connectivity index (χ4n) is 11.2. The molecule has 88 heavy (non-hydrogen) atoms. The second-order valence-electron chi connectivity index (χ2n) is 21.5. The number of hydrogen-bond acceptors (Lipinski definition) is 6. The molecule has 0 amide bonds. The minimum absolute atomic E-state index is 0.816. The number of fused-ring (bicyclic) bond motifs is 1. The summed E-state index contributed by atoms with van der Waals surface area (Å²) in [4.78, 5) is 28.7. The van der Waals surface area contributed by atoms with Crippen LogP contribution in [0.2, 0.25) is 0 Å². The van der Waals surface area contributed by atoms with Gasteiger partial charge in [0.2, 0.25) is 0 Å². The van der Waals surface area contributed by atoms with Gasteiger partial charge < -0.3 is 0 Å². The van der Waals surface area contributed by atoms with Crippen LogP contribution in [0.1, 0.15) is 0 Å². The van der Waals surface area contributed by atoms with Crippen LogP contribution in [0.4, 0.5) is 0 Å². The zero-order valence-corrected chi connectivity index (χ0v) is 48.0. The Bertz CT molecular complexity index is 4680. The first-order chi connectivity index (χ1) is 43.6. The van der Waals surface area contributed by atoms with Crippen LogP contribution in [-0.2, 0) is 0 Å². The Morgan fingerprint density at radius 1 is 0.170 bits per heavy atom. The van der Waals surface area contributed by atoms with E-state index in [-0.39, 0.29) is 0 Å². The predicted molar refractivity (Wildman–Crippen MR) is 362 cm³/mol. The highest BCUT2D eigenvalue weighted by Crippen LogP contribution is 2.35. The van der Waals surface area contributed by atoms with Gasteiger partial charge in [0.25, 0.3) is 0 Å². The molecule has 0 bridgehead atoms. The van der Waals surface area contributed by atoms with Crippen molar-refractivity contribution in [3.8, 4) is 135 Å². The van der Waals surface area contributed by atoms with Crippen LogP contribution in [0.25, 0.3) is 145 Å². The Morgan fingerprint density at radius 2 is 0.466 bits per heavy atom. The van der Waals surface area contributed by atoms with Gasteiger partial charge in [0.05, 0.1) is 45.6 Å². The van der Waals surface area contributed by atoms with E-state index in [9.17, 15) is 0 Å². The van der Waals surface area contributed by atoms with Crippen molar-refractivity contribution in [2.75, 3.05) is 0 Å². The molecule has 414 valence electrons. The van der Waals surface area contributed by atoms with Crippen molar-refractivity contribution in [3.63, 3.8) is 0 Å². The number of rotatable bonds is 12. The Labute approximate surface area is 512 Å². The summed E-state index contributed by atoms with van der Waals surface area (Å²) in [6.07, 6.45) is 7.45. The largest absolute Gasteiger partial charge is 0.255 e. The van der Waals surface area contributed by atoms with Crippen LogP contribution >= 0.6 is 0 Å². The highest BCUT2D eigenvalue weighted by Gasteiger charge is 2.14. The average Bonchev–Trinajstić information content (AvgIpc) is 2.73. The smallest absolute Gasteiger partial charge is 0.0900 e. The zero-order valence-electron chi connectivity index (χ0n) is 48.0. The van der Waals surface area contributed by atoms with Crippen LogP contribution < -0.4 is 0 Å². The molecule has 6 nitrogen and oxygen atoms in total. The lowest BCUT2D eigenvalue weighted by atomic mass is 9.95. The molecule has 0 spiro atoms. The van der Waals surface area contributed by atoms with E-state index < -0.39 is 0 Å². The molecule has 0 aliphatic rings. The molecule has 0 aliphatic heterocycles. The van der Waals surface area contributed by atoms with E-state index in [2.05, 4.69) is 253 Å². The number of pyridine rings is 6. The van der Waals surface area contributed by atoms with E-state index in [1.807, 2.05) is 85.2 Å². The monoisotopic (exact) mass is 1120 g/mol. The second-order valence-corrected chi connectivity index (χ2v) is 21.5. The third-order valence-corrected chi connectivity index (χ3v) is 15.9. The summed E-state index contributed by atoms with van der Waals surface area (Å²) in [7, 11) is 0. The summed E-state index contributed by atoms with van der Waals surface area (Å²) >= 11 is 0. The van der Waals surface area contributed by atoms with Gasteiger partial charge in [-0.1, -0.05) is 255 Å². The van der Waals surface area contributed by atoms with E-state index >= 15 is 0 Å². The van der Waals surface area contributed by atoms with Crippen LogP contribution in [0.5, 0.6) is 0 Å². The lowest BCUT2D eigenvalue weighted by Crippen LogP contribution is -1.94. The Morgan fingerprint density at radius 3 is 0.830 bits per heavy atom. The lowest BCUT2D eigenvalue weighted by Gasteiger charge is -2.10. The van der Waals surface area contributed by atoms with E-state index in [1.165, 1.54) is 55.3 Å². The lowest BCUT2D eigenvalue weighted by molar-refractivity contribution is 1.22. The summed E-state index contributed by atoms with van der Waals surface area (Å²) in [5.74, 6) is 0. The number of nitrogens with zero attached hydrogens (tertiary/aromatic N) is 6. The summed E-state index contributed by atoms with van der Waals surface area (Å²) < 4.78 is 0. The van der Waals surface area contributed by atoms with Crippen LogP contribution in [-0.4, -0.2) is 29.9 Å². The average molecular weight is 1130 g/mol. The molecule has 0 N–H and O–H groups in total. The molecule has 9 aromatic carbocycles. The minimum Gasteiger partial charge on any atom is -0.255 e. The Hall–Kier alpha value is -11.9. The second kappa shape index (κ2) is 25.2. The summed E-state index contributed by atoms with van der Waals surface area (Å²) in [5, 5.41) is 2.53. The van der Waals surface area contributed by atoms with Crippen molar-refractivity contribution in [2.24, 2.45) is 0 Å². The molecule has 0 aliphatic carbocycles. The van der Waals surface area contributed by atoms with Gasteiger partial charge in [-0.2, -0.15) is 0 Å². The topological polar surface area (TPSA) is 77.3 Å². The van der Waals surface area contributed by atoms with Crippen molar-refractivity contribution in [1.29, 1.82) is 0 Å². The maximum Gasteiger partial charge on any atom is 0.0900 e. The molecule has 0 fully saturated rings. The van der Waals surface area contributed by atoms with E-state index in [0.717, 1.165) is 90.1 Å². The first kappa shape index (κ1) is 54.1. The van der Waals surface area contributed by atoms with Crippen molar-refractivity contribution in [3.05, 3.63) is 340 Å². The van der Waals surface area contributed by atoms with Gasteiger partial charge in [-0.25, -0.2) is 9.97 Å². The van der Waals surface area contributed by atoms with E-state index in [1.54, 1.807) is 12.4 Å². The normalized spacial score (nSPS) is 11.0. The Balaban J connectivity index is 0.000000155. The molecule has 0 saturated carbocycles. The van der Waals surface area contributed by atoms with Gasteiger partial charge in [-0.05, 0) is 149 Å². The van der Waals surface area contributed by atoms with Crippen LogP contribution in [0, 0.1) is 0 Å². The maximum atomic E-state index is 4.96. The predicted octanol–water partition coefficient (Wildman–Crippen LogP) is 20.9. The van der Waals surface area contributed by atoms with Crippen molar-refractivity contribution in [2.45, 2.75) is 0 Å². The molecule has 15 aromatic rings. The van der Waals surface area contributed by atoms with Crippen molar-refractivity contribution >= 4 is 10.8 Å². The fraction of sp³-hybridized carbons (Fsp3) is 0. The highest BCUT2D eigenvalue weighted by atomic mass is 14.8. The first-order valence-corrected chi connectivity index (χ1v) is 29.4. The first-order valence-electron chi connectivity index (χ1n) is 29.4. The van der Waals surface area contributed by atoms with Gasteiger partial charge in [-0.15, -0.1) is 0 Å². The molecule has 6 aromatic heterocycles. The zero-order chi connectivity index (χ0) is 58.9. The van der Waals surface area contributed by atoms with Gasteiger partial charge in [0, 0.05) is 35.9 Å². The quantitative estimate of drug-likeness (QED) is 0.121. The van der Waals surface area contributed by atoms with Crippen LogP contribution in [0.15, 0.2) is 340 Å². The molecule has 6 heteroatoms. The van der Waals surface area contributed by atoms with Gasteiger partial charge in [0.15, 0.2) is 0 Å². The number of benzene rings is 9. The third-order valence-electron chi connectivity index (χ3n) is 15.9. The number of hydrogen-bond donors (Lipinski definition) is 0. The molecular formula is C82H56N6. The Kier molecular flexibility index (Phi) is 15.5. The SMILES string of the molecule is c1ccc(-c2cc(-c3ccccn3)nc(-c3ccc(-c4ccc(-c5ccc(-c6cccc7ccccc67)cc5)cc4)cn3)c2)cc1.c1ccc(-c2ccc(-c3ccc(-c4ccc(-c5cc(-c6ccccc6)cc(-c6ccccn6)n5)nc4)cc3)cc2)cc1. The molecule has 0 radical (unpaired) electrons. The number of aromatic nitrogens is 6. The molecule has 0 saturated heterocycles. The van der Waals surface area contributed by atoms with Crippen LogP contribution in [0.3, 0.4) is 0 Å². The molecule has 0 atom stereocenters. The van der Waals surface area contributed by atoms with E-state index in [4.69, 9.17) is 19.9 Å². The molecular weight excluding hydrogens is 1070 g/mol. The summed E-state index contributed by atoms with van der Waals surface area (Å²) in [5.41, 5.74) is 25.1. The molecule has 0 unspecified atom stereocenters. The highest BCUT2D eigenvalue weighted by molar-refractivity contribution is 5.97. The standard InChI is InChI=1S/C43H29N3.C39H27N3/c1-2-9-30(10-3-1)37-27-42(40-15-6-7-26-44-40)46-43(28-37)41-25-24-36(29-45-41)33-18-16-31(17-19-33)32-20-22-35(23-21-32)39-14-8-12-34-11-4-5-13-38(34)39;1-3-9-28(10-4-1)30-14-16-31(17-15-30)32-18-20-33(21-19-32)34-22-23-37(41-27-34)39-26-35(29-11-5-2-6-12-29)25-38(42-39)36-13-7-8-24-40-36/h1-29H;1-27H. The van der Waals surface area contributed by atoms with E-state index in [0.29, 0.717) is 0 Å². The summed E-state index contributed by atoms with van der Waals surface area (Å²) in [6.45, 7) is 0. The fourth-order valence-corrected chi connectivity index (χ4v) is 11.2. The summed E-state index contributed by atoms with van der Waals surface area (Å²) in [6, 6.07) is 110. The van der Waals surface area contributed by atoms with Gasteiger partial charge in [0.1, 0.15) is 0 Å².